The Hall–Kier alpha value is -1.37. The van der Waals surface area contributed by atoms with Gasteiger partial charge in [0.1, 0.15) is 0 Å². The first kappa shape index (κ1) is 12.7. The molecular formula is C12H20N4. The second kappa shape index (κ2) is 5.64. The lowest BCUT2D eigenvalue weighted by molar-refractivity contribution is 0.357. The minimum Gasteiger partial charge on any atom is -0.246 e. The highest BCUT2D eigenvalue weighted by Gasteiger charge is 2.18. The first-order chi connectivity index (χ1) is 7.61. The second-order valence-corrected chi connectivity index (χ2v) is 4.50. The van der Waals surface area contributed by atoms with Crippen LogP contribution in [-0.2, 0) is 12.8 Å². The molecule has 16 heavy (non-hydrogen) atoms. The van der Waals surface area contributed by atoms with Crippen LogP contribution in [0.1, 0.15) is 51.5 Å². The number of nitrogens with zero attached hydrogens (tertiary/aromatic N) is 4. The average Bonchev–Trinajstić information content (AvgIpc) is 2.62. The molecule has 4 heteroatoms. The van der Waals surface area contributed by atoms with E-state index in [2.05, 4.69) is 44.1 Å². The maximum Gasteiger partial charge on any atom is 0.0999 e. The second-order valence-electron chi connectivity index (χ2n) is 4.50. The van der Waals surface area contributed by atoms with Crippen molar-refractivity contribution in [2.75, 3.05) is 0 Å². The van der Waals surface area contributed by atoms with Crippen molar-refractivity contribution in [2.24, 2.45) is 5.92 Å². The fraction of sp³-hybridized carbons (Fsp3) is 0.750. The summed E-state index contributed by atoms with van der Waals surface area (Å²) < 4.78 is 1.99. The van der Waals surface area contributed by atoms with Gasteiger partial charge in [-0.25, -0.2) is 4.68 Å². The summed E-state index contributed by atoms with van der Waals surface area (Å²) in [5.74, 6) is 0.521. The standard InChI is InChI=1S/C12H20N4/c1-5-6-12-11(7-8-13)14-15-16(12)10(4)9(2)3/h9-10H,5-7H2,1-4H3. The topological polar surface area (TPSA) is 54.5 Å². The van der Waals surface area contributed by atoms with Crippen LogP contribution in [-0.4, -0.2) is 15.0 Å². The molecule has 1 heterocycles. The lowest BCUT2D eigenvalue weighted by Crippen LogP contribution is -2.16. The molecule has 0 aliphatic rings. The number of hydrogen-bond donors (Lipinski definition) is 0. The van der Waals surface area contributed by atoms with Crippen molar-refractivity contribution in [1.29, 1.82) is 5.26 Å². The van der Waals surface area contributed by atoms with E-state index < -0.39 is 0 Å². The van der Waals surface area contributed by atoms with Crippen LogP contribution in [0.15, 0.2) is 0 Å². The first-order valence-electron chi connectivity index (χ1n) is 5.91. The largest absolute Gasteiger partial charge is 0.246 e. The predicted octanol–water partition coefficient (Wildman–Crippen LogP) is 2.51. The average molecular weight is 220 g/mol. The zero-order chi connectivity index (χ0) is 12.1. The van der Waals surface area contributed by atoms with Crippen molar-refractivity contribution >= 4 is 0 Å². The van der Waals surface area contributed by atoms with Gasteiger partial charge in [-0.05, 0) is 19.3 Å². The van der Waals surface area contributed by atoms with Gasteiger partial charge in [0.2, 0.25) is 0 Å². The molecule has 0 N–H and O–H groups in total. The molecule has 88 valence electrons. The Morgan fingerprint density at radius 1 is 1.38 bits per heavy atom. The van der Waals surface area contributed by atoms with Crippen LogP contribution in [0, 0.1) is 17.2 Å². The summed E-state index contributed by atoms with van der Waals surface area (Å²) in [6, 6.07) is 2.48. The van der Waals surface area contributed by atoms with Crippen LogP contribution in [0.5, 0.6) is 0 Å². The van der Waals surface area contributed by atoms with Crippen molar-refractivity contribution in [3.8, 4) is 6.07 Å². The highest BCUT2D eigenvalue weighted by atomic mass is 15.4. The molecule has 0 radical (unpaired) electrons. The van der Waals surface area contributed by atoms with E-state index in [1.165, 1.54) is 0 Å². The van der Waals surface area contributed by atoms with Crippen molar-refractivity contribution in [3.63, 3.8) is 0 Å². The van der Waals surface area contributed by atoms with Gasteiger partial charge >= 0.3 is 0 Å². The van der Waals surface area contributed by atoms with Crippen LogP contribution < -0.4 is 0 Å². The van der Waals surface area contributed by atoms with Crippen molar-refractivity contribution in [3.05, 3.63) is 11.4 Å². The maximum atomic E-state index is 8.74. The van der Waals surface area contributed by atoms with Gasteiger partial charge in [-0.2, -0.15) is 5.26 Å². The van der Waals surface area contributed by atoms with Gasteiger partial charge in [-0.3, -0.25) is 0 Å². The van der Waals surface area contributed by atoms with Gasteiger partial charge < -0.3 is 0 Å². The number of rotatable bonds is 5. The molecule has 1 atom stereocenters. The summed E-state index contributed by atoms with van der Waals surface area (Å²) in [5.41, 5.74) is 1.97. The zero-order valence-corrected chi connectivity index (χ0v) is 10.6. The normalized spacial score (nSPS) is 12.8. The Labute approximate surface area is 97.3 Å². The molecule has 1 aromatic heterocycles. The first-order valence-corrected chi connectivity index (χ1v) is 5.91. The molecule has 0 aliphatic heterocycles. The van der Waals surface area contributed by atoms with E-state index in [0.29, 0.717) is 18.4 Å². The van der Waals surface area contributed by atoms with Gasteiger partial charge in [-0.1, -0.05) is 32.4 Å². The van der Waals surface area contributed by atoms with Gasteiger partial charge in [0.15, 0.2) is 0 Å². The monoisotopic (exact) mass is 220 g/mol. The van der Waals surface area contributed by atoms with Gasteiger partial charge in [0, 0.05) is 0 Å². The van der Waals surface area contributed by atoms with Gasteiger partial charge in [0.05, 0.1) is 29.9 Å². The van der Waals surface area contributed by atoms with Crippen LogP contribution >= 0.6 is 0 Å². The molecule has 1 rings (SSSR count). The number of aromatic nitrogens is 3. The van der Waals surface area contributed by atoms with Gasteiger partial charge in [0.25, 0.3) is 0 Å². The van der Waals surface area contributed by atoms with Crippen molar-refractivity contribution in [2.45, 2.75) is 53.0 Å². The number of nitriles is 1. The molecule has 0 fully saturated rings. The summed E-state index contributed by atoms with van der Waals surface area (Å²) >= 11 is 0. The third-order valence-electron chi connectivity index (χ3n) is 2.96. The highest BCUT2D eigenvalue weighted by Crippen LogP contribution is 2.20. The lowest BCUT2D eigenvalue weighted by Gasteiger charge is -2.18. The van der Waals surface area contributed by atoms with Crippen LogP contribution in [0.2, 0.25) is 0 Å². The highest BCUT2D eigenvalue weighted by molar-refractivity contribution is 5.15. The third kappa shape index (κ3) is 2.60. The van der Waals surface area contributed by atoms with E-state index in [1.807, 2.05) is 4.68 Å². The molecular weight excluding hydrogens is 200 g/mol. The van der Waals surface area contributed by atoms with Crippen LogP contribution in [0.25, 0.3) is 0 Å². The number of hydrogen-bond acceptors (Lipinski definition) is 3. The van der Waals surface area contributed by atoms with Crippen LogP contribution in [0.3, 0.4) is 0 Å². The van der Waals surface area contributed by atoms with E-state index in [1.54, 1.807) is 0 Å². The Balaban J connectivity index is 3.04. The summed E-state index contributed by atoms with van der Waals surface area (Å²) in [4.78, 5) is 0. The van der Waals surface area contributed by atoms with E-state index in [9.17, 15) is 0 Å². The Bertz CT molecular complexity index is 373. The molecule has 4 nitrogen and oxygen atoms in total. The molecule has 0 aromatic carbocycles. The fourth-order valence-electron chi connectivity index (χ4n) is 1.66. The maximum absolute atomic E-state index is 8.74. The molecule has 0 aliphatic carbocycles. The minimum atomic E-state index is 0.335. The zero-order valence-electron chi connectivity index (χ0n) is 10.6. The summed E-state index contributed by atoms with van der Waals surface area (Å²) in [6.45, 7) is 8.63. The Morgan fingerprint density at radius 2 is 2.06 bits per heavy atom. The van der Waals surface area contributed by atoms with E-state index in [4.69, 9.17) is 5.26 Å². The third-order valence-corrected chi connectivity index (χ3v) is 2.96. The van der Waals surface area contributed by atoms with E-state index in [0.717, 1.165) is 24.2 Å². The van der Waals surface area contributed by atoms with Crippen LogP contribution in [0.4, 0.5) is 0 Å². The Kier molecular flexibility index (Phi) is 4.48. The molecule has 1 unspecified atom stereocenters. The predicted molar refractivity (Wildman–Crippen MR) is 62.9 cm³/mol. The molecule has 1 aromatic rings. The lowest BCUT2D eigenvalue weighted by atomic mass is 10.1. The van der Waals surface area contributed by atoms with E-state index in [-0.39, 0.29) is 0 Å². The smallest absolute Gasteiger partial charge is 0.0999 e. The minimum absolute atomic E-state index is 0.335. The summed E-state index contributed by atoms with van der Waals surface area (Å²) in [5, 5.41) is 17.1. The summed E-state index contributed by atoms with van der Waals surface area (Å²) in [6.07, 6.45) is 2.36. The van der Waals surface area contributed by atoms with E-state index >= 15 is 0 Å². The molecule has 0 saturated carbocycles. The molecule has 0 amide bonds. The van der Waals surface area contributed by atoms with Gasteiger partial charge in [-0.15, -0.1) is 5.10 Å². The molecule has 0 spiro atoms. The fourth-order valence-corrected chi connectivity index (χ4v) is 1.66. The van der Waals surface area contributed by atoms with Crippen molar-refractivity contribution < 1.29 is 0 Å². The summed E-state index contributed by atoms with van der Waals surface area (Å²) in [7, 11) is 0. The molecule has 0 saturated heterocycles. The van der Waals surface area contributed by atoms with Crippen molar-refractivity contribution in [1.82, 2.24) is 15.0 Å². The Morgan fingerprint density at radius 3 is 2.56 bits per heavy atom. The quantitative estimate of drug-likeness (QED) is 0.766. The molecule has 0 bridgehead atoms. The SMILES string of the molecule is CCCc1c(CC#N)nnn1C(C)C(C)C.